The van der Waals surface area contributed by atoms with Gasteiger partial charge in [0.25, 0.3) is 5.91 Å². The van der Waals surface area contributed by atoms with E-state index in [0.29, 0.717) is 10.8 Å². The Hall–Kier alpha value is -2.67. The number of rotatable bonds is 5. The Morgan fingerprint density at radius 1 is 1.35 bits per heavy atom. The molecule has 2 rings (SSSR count). The summed E-state index contributed by atoms with van der Waals surface area (Å²) in [7, 11) is 0. The molecule has 1 atom stereocenters. The number of benzene rings is 2. The van der Waals surface area contributed by atoms with Crippen molar-refractivity contribution in [2.75, 3.05) is 5.32 Å². The predicted octanol–water partition coefficient (Wildman–Crippen LogP) is 3.79. The predicted molar refractivity (Wildman–Crippen MR) is 83.2 cm³/mol. The molecule has 2 aromatic carbocycles. The summed E-state index contributed by atoms with van der Waals surface area (Å²) in [5, 5.41) is 13.6. The van der Waals surface area contributed by atoms with Crippen molar-refractivity contribution < 1.29 is 18.8 Å². The molecule has 0 unspecified atom stereocenters. The van der Waals surface area contributed by atoms with Crippen LogP contribution < -0.4 is 10.1 Å². The number of anilines is 1. The van der Waals surface area contributed by atoms with Crippen LogP contribution in [0, 0.1) is 15.9 Å². The van der Waals surface area contributed by atoms with Crippen LogP contribution in [0.2, 0.25) is 5.02 Å². The Labute approximate surface area is 136 Å². The summed E-state index contributed by atoms with van der Waals surface area (Å²) in [5.74, 6) is -1.10. The zero-order chi connectivity index (χ0) is 17.0. The van der Waals surface area contributed by atoms with Gasteiger partial charge < -0.3 is 10.1 Å². The van der Waals surface area contributed by atoms with Crippen molar-refractivity contribution in [3.63, 3.8) is 0 Å². The Morgan fingerprint density at radius 2 is 2.09 bits per heavy atom. The molecule has 0 aliphatic rings. The molecule has 2 aromatic rings. The lowest BCUT2D eigenvalue weighted by Gasteiger charge is -2.14. The molecule has 1 amide bonds. The first-order valence-electron chi connectivity index (χ1n) is 6.54. The summed E-state index contributed by atoms with van der Waals surface area (Å²) in [4.78, 5) is 21.9. The Morgan fingerprint density at radius 3 is 2.74 bits per heavy atom. The van der Waals surface area contributed by atoms with Crippen LogP contribution in [0.4, 0.5) is 15.8 Å². The molecule has 1 N–H and O–H groups in total. The summed E-state index contributed by atoms with van der Waals surface area (Å²) in [6.07, 6.45) is -0.877. The monoisotopic (exact) mass is 338 g/mol. The Balaban J connectivity index is 2.06. The Bertz CT molecular complexity index is 754. The first-order chi connectivity index (χ1) is 10.9. The van der Waals surface area contributed by atoms with E-state index in [1.54, 1.807) is 24.3 Å². The molecule has 0 saturated carbocycles. The van der Waals surface area contributed by atoms with Gasteiger partial charge in [-0.2, -0.15) is 4.39 Å². The smallest absolute Gasteiger partial charge is 0.306 e. The lowest BCUT2D eigenvalue weighted by molar-refractivity contribution is -0.387. The second-order valence-electron chi connectivity index (χ2n) is 4.63. The van der Waals surface area contributed by atoms with Crippen molar-refractivity contribution in [2.24, 2.45) is 0 Å². The van der Waals surface area contributed by atoms with E-state index in [0.717, 1.165) is 12.1 Å². The van der Waals surface area contributed by atoms with Crippen LogP contribution in [-0.2, 0) is 4.79 Å². The average molecular weight is 339 g/mol. The van der Waals surface area contributed by atoms with Crippen molar-refractivity contribution in [1.82, 2.24) is 0 Å². The molecule has 0 bridgehead atoms. The first-order valence-corrected chi connectivity index (χ1v) is 6.91. The van der Waals surface area contributed by atoms with Gasteiger partial charge in [0, 0.05) is 16.8 Å². The van der Waals surface area contributed by atoms with E-state index >= 15 is 0 Å². The van der Waals surface area contributed by atoms with E-state index in [-0.39, 0.29) is 5.69 Å². The third-order valence-corrected chi connectivity index (χ3v) is 3.12. The number of nitro groups is 1. The van der Waals surface area contributed by atoms with E-state index in [1.165, 1.54) is 13.0 Å². The molecule has 0 aromatic heterocycles. The minimum atomic E-state index is -0.976. The molecule has 0 radical (unpaired) electrons. The standard InChI is InChI=1S/C15H12ClFN2O4/c1-9(23-12-4-2-3-10(16)7-12)15(20)18-11-5-6-13(17)14(8-11)19(21)22/h2-9H,1H3,(H,18,20)/t9-/m0/s1. The molecule has 0 heterocycles. The maximum Gasteiger partial charge on any atom is 0.306 e. The quantitative estimate of drug-likeness (QED) is 0.664. The fourth-order valence-electron chi connectivity index (χ4n) is 1.77. The van der Waals surface area contributed by atoms with Crippen molar-refractivity contribution in [3.8, 4) is 5.75 Å². The number of carbonyl (C=O) groups excluding carboxylic acids is 1. The number of hydrogen-bond acceptors (Lipinski definition) is 4. The van der Waals surface area contributed by atoms with Gasteiger partial charge in [0.05, 0.1) is 4.92 Å². The number of nitrogens with zero attached hydrogens (tertiary/aromatic N) is 1. The van der Waals surface area contributed by atoms with Gasteiger partial charge >= 0.3 is 5.69 Å². The number of carbonyl (C=O) groups is 1. The zero-order valence-electron chi connectivity index (χ0n) is 12.0. The van der Waals surface area contributed by atoms with Crippen LogP contribution in [0.3, 0.4) is 0 Å². The van der Waals surface area contributed by atoms with Gasteiger partial charge in [0.15, 0.2) is 6.10 Å². The van der Waals surface area contributed by atoms with Gasteiger partial charge in [0.2, 0.25) is 5.82 Å². The van der Waals surface area contributed by atoms with E-state index in [2.05, 4.69) is 5.32 Å². The summed E-state index contributed by atoms with van der Waals surface area (Å²) in [5.41, 5.74) is -0.615. The Kier molecular flexibility index (Phi) is 5.13. The number of hydrogen-bond donors (Lipinski definition) is 1. The normalized spacial score (nSPS) is 11.6. The highest BCUT2D eigenvalue weighted by molar-refractivity contribution is 6.30. The number of amides is 1. The van der Waals surface area contributed by atoms with Crippen LogP contribution >= 0.6 is 11.6 Å². The second kappa shape index (κ2) is 7.06. The van der Waals surface area contributed by atoms with E-state index in [9.17, 15) is 19.3 Å². The maximum absolute atomic E-state index is 13.3. The minimum Gasteiger partial charge on any atom is -0.481 e. The van der Waals surface area contributed by atoms with Crippen LogP contribution in [-0.4, -0.2) is 16.9 Å². The molecule has 6 nitrogen and oxygen atoms in total. The van der Waals surface area contributed by atoms with Gasteiger partial charge in [-0.1, -0.05) is 17.7 Å². The molecule has 0 spiro atoms. The van der Waals surface area contributed by atoms with Crippen molar-refractivity contribution in [3.05, 3.63) is 63.4 Å². The third-order valence-electron chi connectivity index (χ3n) is 2.89. The minimum absolute atomic E-state index is 0.102. The second-order valence-corrected chi connectivity index (χ2v) is 5.07. The fourth-order valence-corrected chi connectivity index (χ4v) is 1.95. The molecule has 23 heavy (non-hydrogen) atoms. The van der Waals surface area contributed by atoms with Gasteiger partial charge in [-0.15, -0.1) is 0 Å². The van der Waals surface area contributed by atoms with Gasteiger partial charge in [-0.05, 0) is 37.3 Å². The topological polar surface area (TPSA) is 81.5 Å². The molecule has 0 aliphatic carbocycles. The highest BCUT2D eigenvalue weighted by Crippen LogP contribution is 2.22. The van der Waals surface area contributed by atoms with Gasteiger partial charge in [-0.3, -0.25) is 14.9 Å². The van der Waals surface area contributed by atoms with Crippen molar-refractivity contribution in [2.45, 2.75) is 13.0 Å². The highest BCUT2D eigenvalue weighted by Gasteiger charge is 2.18. The van der Waals surface area contributed by atoms with E-state index in [1.807, 2.05) is 0 Å². The number of nitrogens with one attached hydrogen (secondary N) is 1. The van der Waals surface area contributed by atoms with Crippen molar-refractivity contribution in [1.29, 1.82) is 0 Å². The highest BCUT2D eigenvalue weighted by atomic mass is 35.5. The summed E-state index contributed by atoms with van der Waals surface area (Å²) in [6, 6.07) is 9.61. The number of halogens is 2. The van der Waals surface area contributed by atoms with Crippen LogP contribution in [0.25, 0.3) is 0 Å². The molecule has 0 saturated heterocycles. The van der Waals surface area contributed by atoms with Crippen LogP contribution in [0.1, 0.15) is 6.92 Å². The molecule has 0 fully saturated rings. The molecular weight excluding hydrogens is 327 g/mol. The molecule has 8 heteroatoms. The SMILES string of the molecule is C[C@H](Oc1cccc(Cl)c1)C(=O)Nc1ccc(F)c([N+](=O)[O-])c1. The summed E-state index contributed by atoms with van der Waals surface area (Å²) in [6.45, 7) is 1.51. The molecular formula is C15H12ClFN2O4. The van der Waals surface area contributed by atoms with E-state index in [4.69, 9.17) is 16.3 Å². The third kappa shape index (κ3) is 4.40. The lowest BCUT2D eigenvalue weighted by Crippen LogP contribution is -2.30. The lowest BCUT2D eigenvalue weighted by atomic mass is 10.2. The number of ether oxygens (including phenoxy) is 1. The molecule has 0 aliphatic heterocycles. The summed E-state index contributed by atoms with van der Waals surface area (Å²) < 4.78 is 18.7. The van der Waals surface area contributed by atoms with Gasteiger partial charge in [-0.25, -0.2) is 0 Å². The zero-order valence-corrected chi connectivity index (χ0v) is 12.7. The van der Waals surface area contributed by atoms with Crippen LogP contribution in [0.5, 0.6) is 5.75 Å². The fraction of sp³-hybridized carbons (Fsp3) is 0.133. The van der Waals surface area contributed by atoms with Crippen molar-refractivity contribution >= 4 is 28.9 Å². The first kappa shape index (κ1) is 16.7. The maximum atomic E-state index is 13.3. The molecule has 120 valence electrons. The van der Waals surface area contributed by atoms with Crippen LogP contribution in [0.15, 0.2) is 42.5 Å². The average Bonchev–Trinajstić information content (AvgIpc) is 2.48. The largest absolute Gasteiger partial charge is 0.481 e. The number of nitro benzene ring substituents is 1. The summed E-state index contributed by atoms with van der Waals surface area (Å²) >= 11 is 5.82. The van der Waals surface area contributed by atoms with E-state index < -0.39 is 28.4 Å². The van der Waals surface area contributed by atoms with Gasteiger partial charge in [0.1, 0.15) is 5.75 Å².